The van der Waals surface area contributed by atoms with Gasteiger partial charge in [0.05, 0.1) is 23.6 Å². The van der Waals surface area contributed by atoms with Gasteiger partial charge in [0.25, 0.3) is 0 Å². The van der Waals surface area contributed by atoms with Crippen molar-refractivity contribution in [3.63, 3.8) is 0 Å². The molecule has 1 aliphatic heterocycles. The monoisotopic (exact) mass is 377 g/mol. The Morgan fingerprint density at radius 1 is 1.31 bits per heavy atom. The normalized spacial score (nSPS) is 19.3. The molecule has 3 rings (SSSR count). The first kappa shape index (κ1) is 18.9. The van der Waals surface area contributed by atoms with E-state index in [1.165, 1.54) is 10.9 Å². The zero-order valence-corrected chi connectivity index (χ0v) is 16.7. The van der Waals surface area contributed by atoms with Crippen LogP contribution in [0.5, 0.6) is 0 Å². The summed E-state index contributed by atoms with van der Waals surface area (Å²) in [5.41, 5.74) is 5.67. The Morgan fingerprint density at radius 2 is 2.04 bits per heavy atom. The van der Waals surface area contributed by atoms with Crippen molar-refractivity contribution >= 4 is 26.6 Å². The number of aromatic amines is 1. The van der Waals surface area contributed by atoms with E-state index in [-0.39, 0.29) is 30.0 Å². The second-order valence-electron chi connectivity index (χ2n) is 7.47. The molecule has 1 aromatic heterocycles. The standard InChI is InChI=1S/C19H27N3O3S/c1-12-7-15(19-17(8-12)13(2)14(3)21-19)9-20-18(23)10-22(4)16-5-6-26(24,25)11-16/h7-8,16,21H,5-6,9-11H2,1-4H3,(H,20,23)/t16-/m1/s1. The van der Waals surface area contributed by atoms with Crippen molar-refractivity contribution in [1.82, 2.24) is 15.2 Å². The van der Waals surface area contributed by atoms with E-state index in [0.717, 1.165) is 22.3 Å². The lowest BCUT2D eigenvalue weighted by molar-refractivity contribution is -0.122. The van der Waals surface area contributed by atoms with Gasteiger partial charge >= 0.3 is 0 Å². The van der Waals surface area contributed by atoms with Gasteiger partial charge in [-0.1, -0.05) is 11.6 Å². The lowest BCUT2D eigenvalue weighted by Gasteiger charge is -2.22. The van der Waals surface area contributed by atoms with Crippen LogP contribution in [-0.4, -0.2) is 55.3 Å². The summed E-state index contributed by atoms with van der Waals surface area (Å²) in [5, 5.41) is 4.17. The average molecular weight is 378 g/mol. The number of fused-ring (bicyclic) bond motifs is 1. The summed E-state index contributed by atoms with van der Waals surface area (Å²) < 4.78 is 23.2. The molecule has 0 saturated carbocycles. The van der Waals surface area contributed by atoms with E-state index in [4.69, 9.17) is 0 Å². The van der Waals surface area contributed by atoms with Crippen LogP contribution in [0.4, 0.5) is 0 Å². The van der Waals surface area contributed by atoms with Gasteiger partial charge in [0, 0.05) is 23.7 Å². The van der Waals surface area contributed by atoms with Crippen LogP contribution >= 0.6 is 0 Å². The Hall–Kier alpha value is -1.86. The Morgan fingerprint density at radius 3 is 2.69 bits per heavy atom. The Balaban J connectivity index is 1.65. The summed E-state index contributed by atoms with van der Waals surface area (Å²) in [4.78, 5) is 17.6. The molecular weight excluding hydrogens is 350 g/mol. The largest absolute Gasteiger partial charge is 0.358 e. The van der Waals surface area contributed by atoms with Crippen LogP contribution in [0.15, 0.2) is 12.1 Å². The number of carbonyl (C=O) groups excluding carboxylic acids is 1. The smallest absolute Gasteiger partial charge is 0.234 e. The van der Waals surface area contributed by atoms with E-state index >= 15 is 0 Å². The predicted octanol–water partition coefficient (Wildman–Crippen LogP) is 1.83. The topological polar surface area (TPSA) is 82.3 Å². The number of hydrogen-bond donors (Lipinski definition) is 2. The molecular formula is C19H27N3O3S. The zero-order chi connectivity index (χ0) is 19.1. The number of carbonyl (C=O) groups is 1. The van der Waals surface area contributed by atoms with Gasteiger partial charge < -0.3 is 10.3 Å². The molecule has 0 aliphatic carbocycles. The molecule has 2 aromatic rings. The summed E-state index contributed by atoms with van der Waals surface area (Å²) in [5.74, 6) is 0.277. The van der Waals surface area contributed by atoms with E-state index in [9.17, 15) is 13.2 Å². The quantitative estimate of drug-likeness (QED) is 0.833. The van der Waals surface area contributed by atoms with Crippen molar-refractivity contribution < 1.29 is 13.2 Å². The van der Waals surface area contributed by atoms with Crippen molar-refractivity contribution in [3.05, 3.63) is 34.5 Å². The van der Waals surface area contributed by atoms with Crippen LogP contribution in [-0.2, 0) is 21.2 Å². The van der Waals surface area contributed by atoms with Gasteiger partial charge in [0.2, 0.25) is 5.91 Å². The number of sulfone groups is 1. The number of benzene rings is 1. The van der Waals surface area contributed by atoms with Crippen LogP contribution < -0.4 is 5.32 Å². The Labute approximate surface area is 154 Å². The van der Waals surface area contributed by atoms with Crippen LogP contribution in [0, 0.1) is 20.8 Å². The molecule has 1 fully saturated rings. The first-order valence-corrected chi connectivity index (χ1v) is 10.7. The third kappa shape index (κ3) is 3.94. The number of nitrogens with zero attached hydrogens (tertiary/aromatic N) is 1. The van der Waals surface area contributed by atoms with E-state index < -0.39 is 9.84 Å². The highest BCUT2D eigenvalue weighted by atomic mass is 32.2. The molecule has 6 nitrogen and oxygen atoms in total. The van der Waals surface area contributed by atoms with Crippen LogP contribution in [0.2, 0.25) is 0 Å². The third-order valence-corrected chi connectivity index (χ3v) is 7.09. The zero-order valence-electron chi connectivity index (χ0n) is 15.8. The SMILES string of the molecule is Cc1cc(CNC(=O)CN(C)[C@@H]2CCS(=O)(=O)C2)c2[nH]c(C)c(C)c2c1. The number of rotatable bonds is 5. The maximum absolute atomic E-state index is 12.3. The molecule has 0 unspecified atom stereocenters. The van der Waals surface area contributed by atoms with E-state index in [2.05, 4.69) is 43.2 Å². The van der Waals surface area contributed by atoms with Crippen molar-refractivity contribution in [1.29, 1.82) is 0 Å². The molecule has 1 aromatic carbocycles. The number of nitrogens with one attached hydrogen (secondary N) is 2. The Kier molecular flexibility index (Phi) is 5.12. The molecule has 0 spiro atoms. The predicted molar refractivity (Wildman–Crippen MR) is 104 cm³/mol. The molecule has 7 heteroatoms. The minimum Gasteiger partial charge on any atom is -0.358 e. The molecule has 2 N–H and O–H groups in total. The molecule has 26 heavy (non-hydrogen) atoms. The van der Waals surface area contributed by atoms with Crippen molar-refractivity contribution in [3.8, 4) is 0 Å². The summed E-state index contributed by atoms with van der Waals surface area (Å²) in [6.07, 6.45) is 0.603. The first-order valence-electron chi connectivity index (χ1n) is 8.92. The number of likely N-dealkylation sites (N-methyl/N-ethyl adjacent to an activating group) is 1. The second-order valence-corrected chi connectivity index (χ2v) is 9.70. The molecule has 0 bridgehead atoms. The van der Waals surface area contributed by atoms with E-state index in [1.807, 2.05) is 11.9 Å². The average Bonchev–Trinajstić information content (AvgIpc) is 3.06. The van der Waals surface area contributed by atoms with Crippen LogP contribution in [0.3, 0.4) is 0 Å². The molecule has 1 saturated heterocycles. The van der Waals surface area contributed by atoms with Gasteiger partial charge in [-0.05, 0) is 51.4 Å². The molecule has 2 heterocycles. The molecule has 1 atom stereocenters. The fraction of sp³-hybridized carbons (Fsp3) is 0.526. The van der Waals surface area contributed by atoms with Crippen molar-refractivity contribution in [2.24, 2.45) is 0 Å². The van der Waals surface area contributed by atoms with Crippen molar-refractivity contribution in [2.45, 2.75) is 39.8 Å². The Bertz CT molecular complexity index is 947. The maximum atomic E-state index is 12.3. The molecule has 1 amide bonds. The fourth-order valence-electron chi connectivity index (χ4n) is 3.66. The van der Waals surface area contributed by atoms with Gasteiger partial charge in [0.15, 0.2) is 9.84 Å². The lowest BCUT2D eigenvalue weighted by Crippen LogP contribution is -2.41. The van der Waals surface area contributed by atoms with Gasteiger partial charge in [0.1, 0.15) is 0 Å². The van der Waals surface area contributed by atoms with Gasteiger partial charge in [-0.15, -0.1) is 0 Å². The fourth-order valence-corrected chi connectivity index (χ4v) is 5.46. The molecule has 1 aliphatic rings. The number of aryl methyl sites for hydroxylation is 3. The maximum Gasteiger partial charge on any atom is 0.234 e. The summed E-state index contributed by atoms with van der Waals surface area (Å²) in [6.45, 7) is 6.87. The summed E-state index contributed by atoms with van der Waals surface area (Å²) in [7, 11) is -1.13. The number of amides is 1. The second kappa shape index (κ2) is 7.04. The first-order chi connectivity index (χ1) is 12.2. The van der Waals surface area contributed by atoms with Crippen molar-refractivity contribution in [2.75, 3.05) is 25.1 Å². The van der Waals surface area contributed by atoms with Crippen LogP contribution in [0.1, 0.15) is 28.8 Å². The van der Waals surface area contributed by atoms with Gasteiger partial charge in [-0.25, -0.2) is 8.42 Å². The van der Waals surface area contributed by atoms with Crippen LogP contribution in [0.25, 0.3) is 10.9 Å². The lowest BCUT2D eigenvalue weighted by atomic mass is 10.0. The minimum absolute atomic E-state index is 0.0647. The van der Waals surface area contributed by atoms with E-state index in [1.54, 1.807) is 0 Å². The summed E-state index contributed by atoms with van der Waals surface area (Å²) in [6, 6.07) is 4.18. The van der Waals surface area contributed by atoms with Gasteiger partial charge in [-0.2, -0.15) is 0 Å². The summed E-state index contributed by atoms with van der Waals surface area (Å²) >= 11 is 0. The number of aromatic nitrogens is 1. The highest BCUT2D eigenvalue weighted by Crippen LogP contribution is 2.26. The number of hydrogen-bond acceptors (Lipinski definition) is 4. The highest BCUT2D eigenvalue weighted by molar-refractivity contribution is 7.91. The minimum atomic E-state index is -2.94. The molecule has 0 radical (unpaired) electrons. The van der Waals surface area contributed by atoms with E-state index in [0.29, 0.717) is 13.0 Å². The molecule has 142 valence electrons. The highest BCUT2D eigenvalue weighted by Gasteiger charge is 2.31. The number of H-pyrrole nitrogens is 1. The van der Waals surface area contributed by atoms with Gasteiger partial charge in [-0.3, -0.25) is 9.69 Å². The third-order valence-electron chi connectivity index (χ3n) is 5.34.